The highest BCUT2D eigenvalue weighted by Gasteiger charge is 2.22. The van der Waals surface area contributed by atoms with Crippen molar-refractivity contribution in [3.05, 3.63) is 0 Å². The van der Waals surface area contributed by atoms with Crippen molar-refractivity contribution in [2.24, 2.45) is 0 Å². The molecular formula is C11H20N2O2. The maximum absolute atomic E-state index is 11.7. The number of ether oxygens (including phenoxy) is 1. The molecule has 0 aromatic carbocycles. The van der Waals surface area contributed by atoms with E-state index in [1.54, 1.807) is 0 Å². The second-order valence-electron chi connectivity index (χ2n) is 4.40. The molecule has 2 rings (SSSR count). The summed E-state index contributed by atoms with van der Waals surface area (Å²) in [6.45, 7) is 3.62. The highest BCUT2D eigenvalue weighted by Crippen LogP contribution is 2.13. The van der Waals surface area contributed by atoms with E-state index in [0.717, 1.165) is 51.9 Å². The van der Waals surface area contributed by atoms with E-state index in [4.69, 9.17) is 4.74 Å². The molecular weight excluding hydrogens is 192 g/mol. The van der Waals surface area contributed by atoms with Gasteiger partial charge in [-0.05, 0) is 38.6 Å². The molecule has 1 N–H and O–H groups in total. The van der Waals surface area contributed by atoms with Gasteiger partial charge in [0.05, 0.1) is 0 Å². The van der Waals surface area contributed by atoms with Gasteiger partial charge in [-0.3, -0.25) is 0 Å². The van der Waals surface area contributed by atoms with Gasteiger partial charge in [0.1, 0.15) is 6.10 Å². The second kappa shape index (κ2) is 5.35. The average Bonchev–Trinajstić information content (AvgIpc) is 2.31. The van der Waals surface area contributed by atoms with Crippen LogP contribution in [0.1, 0.15) is 32.1 Å². The molecule has 2 fully saturated rings. The van der Waals surface area contributed by atoms with E-state index >= 15 is 0 Å². The zero-order valence-electron chi connectivity index (χ0n) is 9.21. The Hall–Kier alpha value is -0.770. The lowest BCUT2D eigenvalue weighted by Crippen LogP contribution is -2.42. The van der Waals surface area contributed by atoms with Crippen LogP contribution in [0.2, 0.25) is 0 Å². The Bertz CT molecular complexity index is 209. The molecule has 0 radical (unpaired) electrons. The SMILES string of the molecule is O=C(O[C@H]1CCCNC1)N1CCCCC1. The summed E-state index contributed by atoms with van der Waals surface area (Å²) in [5.41, 5.74) is 0. The van der Waals surface area contributed by atoms with Crippen LogP contribution in [0, 0.1) is 0 Å². The number of carbonyl (C=O) groups is 1. The summed E-state index contributed by atoms with van der Waals surface area (Å²) in [6, 6.07) is 0. The molecule has 0 aliphatic carbocycles. The van der Waals surface area contributed by atoms with Crippen LogP contribution in [0.4, 0.5) is 4.79 Å². The lowest BCUT2D eigenvalue weighted by Gasteiger charge is -2.29. The zero-order valence-corrected chi connectivity index (χ0v) is 9.21. The van der Waals surface area contributed by atoms with Gasteiger partial charge in [0.2, 0.25) is 0 Å². The van der Waals surface area contributed by atoms with Crippen molar-refractivity contribution >= 4 is 6.09 Å². The summed E-state index contributed by atoms with van der Waals surface area (Å²) < 4.78 is 5.46. The predicted octanol–water partition coefficient (Wildman–Crippen LogP) is 1.36. The van der Waals surface area contributed by atoms with Gasteiger partial charge >= 0.3 is 6.09 Å². The molecule has 1 atom stereocenters. The van der Waals surface area contributed by atoms with Gasteiger partial charge in [-0.2, -0.15) is 0 Å². The number of rotatable bonds is 1. The summed E-state index contributed by atoms with van der Waals surface area (Å²) in [4.78, 5) is 13.6. The summed E-state index contributed by atoms with van der Waals surface area (Å²) in [5.74, 6) is 0. The fraction of sp³-hybridized carbons (Fsp3) is 0.909. The molecule has 0 aromatic rings. The largest absolute Gasteiger partial charge is 0.445 e. The first kappa shape index (κ1) is 10.7. The van der Waals surface area contributed by atoms with Crippen molar-refractivity contribution in [2.45, 2.75) is 38.2 Å². The number of amides is 1. The lowest BCUT2D eigenvalue weighted by atomic mass is 10.1. The summed E-state index contributed by atoms with van der Waals surface area (Å²) in [6.07, 6.45) is 5.59. The molecule has 4 nitrogen and oxygen atoms in total. The van der Waals surface area contributed by atoms with Gasteiger partial charge < -0.3 is 15.0 Å². The first-order valence-electron chi connectivity index (χ1n) is 6.02. The molecule has 0 unspecified atom stereocenters. The highest BCUT2D eigenvalue weighted by atomic mass is 16.6. The molecule has 0 spiro atoms. The third-order valence-electron chi connectivity index (χ3n) is 3.13. The number of hydrogen-bond acceptors (Lipinski definition) is 3. The van der Waals surface area contributed by atoms with Gasteiger partial charge in [-0.25, -0.2) is 4.79 Å². The first-order valence-corrected chi connectivity index (χ1v) is 6.02. The number of nitrogens with zero attached hydrogens (tertiary/aromatic N) is 1. The fourth-order valence-electron chi connectivity index (χ4n) is 2.21. The summed E-state index contributed by atoms with van der Waals surface area (Å²) in [7, 11) is 0. The van der Waals surface area contributed by atoms with Crippen LogP contribution in [0.15, 0.2) is 0 Å². The van der Waals surface area contributed by atoms with Gasteiger partial charge in [0.25, 0.3) is 0 Å². The molecule has 15 heavy (non-hydrogen) atoms. The molecule has 86 valence electrons. The second-order valence-corrected chi connectivity index (χ2v) is 4.40. The number of hydrogen-bond donors (Lipinski definition) is 1. The molecule has 4 heteroatoms. The Labute approximate surface area is 91.0 Å². The van der Waals surface area contributed by atoms with E-state index in [1.165, 1.54) is 6.42 Å². The van der Waals surface area contributed by atoms with Crippen LogP contribution in [0.3, 0.4) is 0 Å². The Balaban J connectivity index is 1.74. The molecule has 2 aliphatic heterocycles. The van der Waals surface area contributed by atoms with Crippen LogP contribution < -0.4 is 5.32 Å². The normalized spacial score (nSPS) is 27.5. The van der Waals surface area contributed by atoms with Crippen molar-refractivity contribution in [3.8, 4) is 0 Å². The van der Waals surface area contributed by atoms with E-state index in [9.17, 15) is 4.79 Å². The van der Waals surface area contributed by atoms with Crippen molar-refractivity contribution in [1.29, 1.82) is 0 Å². The minimum Gasteiger partial charge on any atom is -0.445 e. The minimum absolute atomic E-state index is 0.0909. The smallest absolute Gasteiger partial charge is 0.410 e. The summed E-state index contributed by atoms with van der Waals surface area (Å²) >= 11 is 0. The third-order valence-corrected chi connectivity index (χ3v) is 3.13. The van der Waals surface area contributed by atoms with E-state index < -0.39 is 0 Å². The average molecular weight is 212 g/mol. The predicted molar refractivity (Wildman–Crippen MR) is 57.8 cm³/mol. The first-order chi connectivity index (χ1) is 7.36. The van der Waals surface area contributed by atoms with E-state index in [1.807, 2.05) is 4.90 Å². The van der Waals surface area contributed by atoms with Gasteiger partial charge in [0.15, 0.2) is 0 Å². The maximum atomic E-state index is 11.7. The van der Waals surface area contributed by atoms with Crippen LogP contribution in [-0.2, 0) is 4.74 Å². The molecule has 2 saturated heterocycles. The third kappa shape index (κ3) is 3.09. The fourth-order valence-corrected chi connectivity index (χ4v) is 2.21. The lowest BCUT2D eigenvalue weighted by molar-refractivity contribution is 0.0474. The Morgan fingerprint density at radius 1 is 1.20 bits per heavy atom. The van der Waals surface area contributed by atoms with Crippen LogP contribution in [0.5, 0.6) is 0 Å². The minimum atomic E-state index is -0.108. The van der Waals surface area contributed by atoms with Gasteiger partial charge in [-0.1, -0.05) is 0 Å². The topological polar surface area (TPSA) is 41.6 Å². The number of likely N-dealkylation sites (tertiary alicyclic amines) is 1. The van der Waals surface area contributed by atoms with E-state index in [0.29, 0.717) is 0 Å². The number of carbonyl (C=O) groups excluding carboxylic acids is 1. The molecule has 1 amide bonds. The van der Waals surface area contributed by atoms with Crippen LogP contribution >= 0.6 is 0 Å². The Morgan fingerprint density at radius 3 is 2.67 bits per heavy atom. The van der Waals surface area contributed by atoms with Crippen molar-refractivity contribution in [2.75, 3.05) is 26.2 Å². The monoisotopic (exact) mass is 212 g/mol. The molecule has 0 bridgehead atoms. The molecule has 0 aromatic heterocycles. The Kier molecular flexibility index (Phi) is 3.83. The Morgan fingerprint density at radius 2 is 2.00 bits per heavy atom. The maximum Gasteiger partial charge on any atom is 0.410 e. The van der Waals surface area contributed by atoms with E-state index in [-0.39, 0.29) is 12.2 Å². The van der Waals surface area contributed by atoms with Gasteiger partial charge in [0, 0.05) is 19.6 Å². The van der Waals surface area contributed by atoms with E-state index in [2.05, 4.69) is 5.32 Å². The number of nitrogens with one attached hydrogen (secondary N) is 1. The molecule has 2 aliphatic rings. The van der Waals surface area contributed by atoms with Gasteiger partial charge in [-0.15, -0.1) is 0 Å². The molecule has 0 saturated carbocycles. The van der Waals surface area contributed by atoms with Crippen LogP contribution in [0.25, 0.3) is 0 Å². The van der Waals surface area contributed by atoms with Crippen molar-refractivity contribution in [1.82, 2.24) is 10.2 Å². The molecule has 2 heterocycles. The van der Waals surface area contributed by atoms with Crippen molar-refractivity contribution < 1.29 is 9.53 Å². The summed E-state index contributed by atoms with van der Waals surface area (Å²) in [5, 5.41) is 3.25. The standard InChI is InChI=1S/C11H20N2O2/c14-11(13-7-2-1-3-8-13)15-10-5-4-6-12-9-10/h10,12H,1-9H2/t10-/m0/s1. The van der Waals surface area contributed by atoms with Crippen LogP contribution in [-0.4, -0.2) is 43.3 Å². The highest BCUT2D eigenvalue weighted by molar-refractivity contribution is 5.67. The quantitative estimate of drug-likeness (QED) is 0.713. The zero-order chi connectivity index (χ0) is 10.5. The van der Waals surface area contributed by atoms with Crippen molar-refractivity contribution in [3.63, 3.8) is 0 Å². The number of piperidine rings is 2.